The molecule has 1 amide bonds. The van der Waals surface area contributed by atoms with Crippen LogP contribution < -0.4 is 10.6 Å². The zero-order chi connectivity index (χ0) is 13.8. The smallest absolute Gasteiger partial charge is 0.220 e. The molecular weight excluding hydrogens is 248 g/mol. The van der Waals surface area contributed by atoms with Crippen molar-refractivity contribution in [2.24, 2.45) is 23.7 Å². The summed E-state index contributed by atoms with van der Waals surface area (Å²) >= 11 is 0. The Morgan fingerprint density at radius 2 is 1.90 bits per heavy atom. The topological polar surface area (TPSA) is 41.1 Å². The lowest BCUT2D eigenvalue weighted by atomic mass is 9.86. The Labute approximate surface area is 123 Å². The van der Waals surface area contributed by atoms with Gasteiger partial charge < -0.3 is 10.6 Å². The van der Waals surface area contributed by atoms with Gasteiger partial charge in [0, 0.05) is 13.0 Å². The number of nitrogens with one attached hydrogen (secondary N) is 2. The molecule has 3 nitrogen and oxygen atoms in total. The van der Waals surface area contributed by atoms with Gasteiger partial charge in [-0.1, -0.05) is 6.42 Å². The van der Waals surface area contributed by atoms with Crippen LogP contribution in [0.2, 0.25) is 0 Å². The van der Waals surface area contributed by atoms with E-state index in [4.69, 9.17) is 0 Å². The van der Waals surface area contributed by atoms with E-state index in [2.05, 4.69) is 10.6 Å². The first kappa shape index (κ1) is 14.4. The fourth-order valence-electron chi connectivity index (χ4n) is 4.72. The van der Waals surface area contributed by atoms with Crippen molar-refractivity contribution >= 4 is 5.91 Å². The van der Waals surface area contributed by atoms with Crippen molar-refractivity contribution in [3.05, 3.63) is 0 Å². The molecule has 3 rings (SSSR count). The molecule has 3 unspecified atom stereocenters. The number of hydrogen-bond donors (Lipinski definition) is 2. The maximum absolute atomic E-state index is 11.9. The van der Waals surface area contributed by atoms with Crippen LogP contribution in [-0.4, -0.2) is 25.5 Å². The number of piperidine rings is 1. The van der Waals surface area contributed by atoms with Crippen LogP contribution in [0.25, 0.3) is 0 Å². The standard InChI is InChI=1S/C17H30N2O/c20-17(4-2-13-5-8-18-9-6-13)19-10-7-16-12-14-1-3-15(16)11-14/h13-16,18H,1-12H2,(H,19,20). The van der Waals surface area contributed by atoms with Gasteiger partial charge in [-0.15, -0.1) is 0 Å². The van der Waals surface area contributed by atoms with Crippen LogP contribution in [0.15, 0.2) is 0 Å². The lowest BCUT2D eigenvalue weighted by Gasteiger charge is -2.23. The van der Waals surface area contributed by atoms with E-state index in [1.807, 2.05) is 0 Å². The van der Waals surface area contributed by atoms with Crippen molar-refractivity contribution in [1.29, 1.82) is 0 Å². The third-order valence-corrected chi connectivity index (χ3v) is 5.96. The van der Waals surface area contributed by atoms with Crippen LogP contribution in [0.4, 0.5) is 0 Å². The van der Waals surface area contributed by atoms with Gasteiger partial charge in [0.05, 0.1) is 0 Å². The number of carbonyl (C=O) groups is 1. The number of amides is 1. The minimum absolute atomic E-state index is 0.284. The summed E-state index contributed by atoms with van der Waals surface area (Å²) in [5, 5.41) is 6.53. The highest BCUT2D eigenvalue weighted by molar-refractivity contribution is 5.75. The zero-order valence-electron chi connectivity index (χ0n) is 12.7. The summed E-state index contributed by atoms with van der Waals surface area (Å²) in [6.07, 6.45) is 11.4. The Hall–Kier alpha value is -0.570. The van der Waals surface area contributed by atoms with Crippen molar-refractivity contribution < 1.29 is 4.79 Å². The minimum Gasteiger partial charge on any atom is -0.356 e. The number of carbonyl (C=O) groups excluding carboxylic acids is 1. The molecule has 2 N–H and O–H groups in total. The molecule has 114 valence electrons. The predicted octanol–water partition coefficient (Wildman–Crippen LogP) is 2.71. The first-order valence-corrected chi connectivity index (χ1v) is 8.78. The number of fused-ring (bicyclic) bond motifs is 2. The van der Waals surface area contributed by atoms with Crippen LogP contribution in [-0.2, 0) is 4.79 Å². The molecule has 3 fully saturated rings. The summed E-state index contributed by atoms with van der Waals surface area (Å²) in [5.74, 6) is 3.99. The second-order valence-corrected chi connectivity index (χ2v) is 7.31. The Kier molecular flexibility index (Phi) is 4.98. The number of hydrogen-bond acceptors (Lipinski definition) is 2. The second kappa shape index (κ2) is 6.93. The SMILES string of the molecule is O=C(CCC1CCNCC1)NCCC1CC2CCC1C2. The van der Waals surface area contributed by atoms with E-state index >= 15 is 0 Å². The van der Waals surface area contributed by atoms with Crippen molar-refractivity contribution in [3.8, 4) is 0 Å². The first-order chi connectivity index (χ1) is 9.81. The third-order valence-electron chi connectivity index (χ3n) is 5.96. The normalized spacial score (nSPS) is 33.5. The molecule has 1 heterocycles. The summed E-state index contributed by atoms with van der Waals surface area (Å²) in [5.41, 5.74) is 0. The molecule has 2 saturated carbocycles. The minimum atomic E-state index is 0.284. The molecule has 2 aliphatic carbocycles. The highest BCUT2D eigenvalue weighted by Gasteiger charge is 2.38. The Balaban J connectivity index is 1.25. The quantitative estimate of drug-likeness (QED) is 0.784. The van der Waals surface area contributed by atoms with E-state index in [0.717, 1.165) is 56.1 Å². The molecule has 1 saturated heterocycles. The monoisotopic (exact) mass is 278 g/mol. The van der Waals surface area contributed by atoms with E-state index < -0.39 is 0 Å². The van der Waals surface area contributed by atoms with Gasteiger partial charge in [0.2, 0.25) is 5.91 Å². The summed E-state index contributed by atoms with van der Waals surface area (Å²) in [6.45, 7) is 3.19. The highest BCUT2D eigenvalue weighted by atomic mass is 16.1. The lowest BCUT2D eigenvalue weighted by Crippen LogP contribution is -2.30. The van der Waals surface area contributed by atoms with Crippen LogP contribution in [0.3, 0.4) is 0 Å². The molecule has 0 aromatic rings. The van der Waals surface area contributed by atoms with Crippen LogP contribution in [0.5, 0.6) is 0 Å². The van der Waals surface area contributed by atoms with E-state index in [-0.39, 0.29) is 5.91 Å². The zero-order valence-corrected chi connectivity index (χ0v) is 12.7. The molecule has 3 atom stereocenters. The predicted molar refractivity (Wildman–Crippen MR) is 81.4 cm³/mol. The summed E-state index contributed by atoms with van der Waals surface area (Å²) in [6, 6.07) is 0. The Morgan fingerprint density at radius 3 is 2.60 bits per heavy atom. The van der Waals surface area contributed by atoms with Crippen LogP contribution in [0.1, 0.15) is 57.8 Å². The highest BCUT2D eigenvalue weighted by Crippen LogP contribution is 2.49. The van der Waals surface area contributed by atoms with Crippen LogP contribution in [0, 0.1) is 23.7 Å². The van der Waals surface area contributed by atoms with Crippen molar-refractivity contribution in [3.63, 3.8) is 0 Å². The van der Waals surface area contributed by atoms with Gasteiger partial charge in [-0.3, -0.25) is 4.79 Å². The second-order valence-electron chi connectivity index (χ2n) is 7.31. The summed E-state index contributed by atoms with van der Waals surface area (Å²) in [4.78, 5) is 11.9. The van der Waals surface area contributed by atoms with Gasteiger partial charge in [-0.25, -0.2) is 0 Å². The fraction of sp³-hybridized carbons (Fsp3) is 0.941. The summed E-state index contributed by atoms with van der Waals surface area (Å²) in [7, 11) is 0. The van der Waals surface area contributed by atoms with Gasteiger partial charge in [0.1, 0.15) is 0 Å². The van der Waals surface area contributed by atoms with E-state index in [0.29, 0.717) is 0 Å². The largest absolute Gasteiger partial charge is 0.356 e. The maximum atomic E-state index is 11.9. The molecular formula is C17H30N2O. The van der Waals surface area contributed by atoms with Crippen molar-refractivity contribution in [2.75, 3.05) is 19.6 Å². The van der Waals surface area contributed by atoms with Crippen LogP contribution >= 0.6 is 0 Å². The molecule has 0 radical (unpaired) electrons. The van der Waals surface area contributed by atoms with Crippen molar-refractivity contribution in [2.45, 2.75) is 57.8 Å². The first-order valence-electron chi connectivity index (χ1n) is 8.78. The molecule has 2 bridgehead atoms. The third kappa shape index (κ3) is 3.75. The Bertz CT molecular complexity index is 325. The lowest BCUT2D eigenvalue weighted by molar-refractivity contribution is -0.121. The molecule has 3 heteroatoms. The Morgan fingerprint density at radius 1 is 1.05 bits per heavy atom. The summed E-state index contributed by atoms with van der Waals surface area (Å²) < 4.78 is 0. The fourth-order valence-corrected chi connectivity index (χ4v) is 4.72. The molecule has 0 aromatic heterocycles. The van der Waals surface area contributed by atoms with Gasteiger partial charge in [-0.05, 0) is 81.7 Å². The molecule has 1 aliphatic heterocycles. The van der Waals surface area contributed by atoms with Gasteiger partial charge in [0.15, 0.2) is 0 Å². The molecule has 3 aliphatic rings. The molecule has 20 heavy (non-hydrogen) atoms. The van der Waals surface area contributed by atoms with Crippen molar-refractivity contribution in [1.82, 2.24) is 10.6 Å². The van der Waals surface area contributed by atoms with Gasteiger partial charge >= 0.3 is 0 Å². The average molecular weight is 278 g/mol. The average Bonchev–Trinajstić information content (AvgIpc) is 3.09. The molecule has 0 aromatic carbocycles. The van der Waals surface area contributed by atoms with E-state index in [1.54, 1.807) is 0 Å². The van der Waals surface area contributed by atoms with Gasteiger partial charge in [-0.2, -0.15) is 0 Å². The van der Waals surface area contributed by atoms with Gasteiger partial charge in [0.25, 0.3) is 0 Å². The molecule has 0 spiro atoms. The maximum Gasteiger partial charge on any atom is 0.220 e. The van der Waals surface area contributed by atoms with E-state index in [9.17, 15) is 4.79 Å². The van der Waals surface area contributed by atoms with E-state index in [1.165, 1.54) is 44.9 Å². The number of rotatable bonds is 6.